The molecule has 2 nitrogen and oxygen atoms in total. The van der Waals surface area contributed by atoms with Gasteiger partial charge in [0.1, 0.15) is 0 Å². The molecule has 1 saturated carbocycles. The third-order valence-electron chi connectivity index (χ3n) is 2.45. The molecule has 1 aliphatic rings. The van der Waals surface area contributed by atoms with Crippen molar-refractivity contribution >= 4 is 11.9 Å². The summed E-state index contributed by atoms with van der Waals surface area (Å²) in [4.78, 5) is 11.4. The minimum atomic E-state index is -0.567. The molecule has 2 rings (SSSR count). The minimum Gasteiger partial charge on any atom is -0.388 e. The van der Waals surface area contributed by atoms with Gasteiger partial charge in [-0.3, -0.25) is 4.79 Å². The number of aliphatic hydroxyl groups is 1. The second-order valence-corrected chi connectivity index (χ2v) is 3.49. The van der Waals surface area contributed by atoms with Gasteiger partial charge < -0.3 is 5.11 Å². The van der Waals surface area contributed by atoms with Crippen LogP contribution in [0.4, 0.5) is 0 Å². The molecule has 14 heavy (non-hydrogen) atoms. The molecule has 1 aromatic rings. The van der Waals surface area contributed by atoms with E-state index in [4.69, 9.17) is 0 Å². The Hall–Kier alpha value is -1.41. The van der Waals surface area contributed by atoms with E-state index in [-0.39, 0.29) is 5.78 Å². The summed E-state index contributed by atoms with van der Waals surface area (Å²) in [5.41, 5.74) is 1.52. The van der Waals surface area contributed by atoms with Crippen LogP contribution in [0, 0.1) is 0 Å². The monoisotopic (exact) mass is 188 g/mol. The smallest absolute Gasteiger partial charge is 0.161 e. The molecular formula is C12H12O2. The Balaban J connectivity index is 2.30. The number of carbonyl (C=O) groups excluding carboxylic acids is 1. The molecule has 0 saturated heterocycles. The van der Waals surface area contributed by atoms with E-state index in [1.807, 2.05) is 30.3 Å². The topological polar surface area (TPSA) is 37.3 Å². The Kier molecular flexibility index (Phi) is 2.46. The number of Topliss-reactive ketones (excluding diaryl/α,β-unsaturated/α-hetero) is 1. The number of carbonyl (C=O) groups is 1. The molecule has 1 N–H and O–H groups in total. The van der Waals surface area contributed by atoms with Crippen LogP contribution in [0.25, 0.3) is 6.08 Å². The minimum absolute atomic E-state index is 0.0707. The van der Waals surface area contributed by atoms with Crippen molar-refractivity contribution in [3.63, 3.8) is 0 Å². The summed E-state index contributed by atoms with van der Waals surface area (Å²) in [6.45, 7) is 0. The Morgan fingerprint density at radius 1 is 1.29 bits per heavy atom. The molecule has 1 aromatic carbocycles. The molecule has 1 unspecified atom stereocenters. The fraction of sp³-hybridized carbons (Fsp3) is 0.250. The number of rotatable bonds is 1. The molecule has 72 valence electrons. The van der Waals surface area contributed by atoms with Crippen LogP contribution in [0.2, 0.25) is 0 Å². The van der Waals surface area contributed by atoms with Gasteiger partial charge >= 0.3 is 0 Å². The normalized spacial score (nSPS) is 24.5. The molecule has 1 atom stereocenters. The standard InChI is InChI=1S/C12H12O2/c13-11-6-7-12(14)10(11)8-9-4-2-1-3-5-9/h1-5,8,11,13H,6-7H2. The first kappa shape index (κ1) is 9.16. The van der Waals surface area contributed by atoms with Crippen molar-refractivity contribution in [2.45, 2.75) is 18.9 Å². The quantitative estimate of drug-likeness (QED) is 0.682. The van der Waals surface area contributed by atoms with Crippen LogP contribution in [-0.4, -0.2) is 17.0 Å². The highest BCUT2D eigenvalue weighted by molar-refractivity contribution is 6.02. The lowest BCUT2D eigenvalue weighted by Gasteiger charge is -2.01. The third-order valence-corrected chi connectivity index (χ3v) is 2.45. The largest absolute Gasteiger partial charge is 0.388 e. The van der Waals surface area contributed by atoms with Crippen LogP contribution in [0.15, 0.2) is 35.9 Å². The van der Waals surface area contributed by atoms with E-state index in [1.165, 1.54) is 0 Å². The van der Waals surface area contributed by atoms with Crippen molar-refractivity contribution in [3.05, 3.63) is 41.5 Å². The van der Waals surface area contributed by atoms with Gasteiger partial charge in [-0.2, -0.15) is 0 Å². The van der Waals surface area contributed by atoms with Crippen molar-refractivity contribution < 1.29 is 9.90 Å². The first-order chi connectivity index (χ1) is 6.77. The third kappa shape index (κ3) is 1.75. The number of aliphatic hydroxyl groups excluding tert-OH is 1. The van der Waals surface area contributed by atoms with Crippen LogP contribution in [0.5, 0.6) is 0 Å². The first-order valence-electron chi connectivity index (χ1n) is 4.75. The van der Waals surface area contributed by atoms with Crippen molar-refractivity contribution in [2.24, 2.45) is 0 Å². The highest BCUT2D eigenvalue weighted by Crippen LogP contribution is 2.23. The SMILES string of the molecule is O=C1CCC(O)C1=Cc1ccccc1. The maximum atomic E-state index is 11.4. The summed E-state index contributed by atoms with van der Waals surface area (Å²) in [5.74, 6) is 0.0707. The Labute approximate surface area is 82.9 Å². The number of ketones is 1. The predicted octanol–water partition coefficient (Wildman–Crippen LogP) is 1.79. The van der Waals surface area contributed by atoms with Gasteiger partial charge in [0, 0.05) is 12.0 Å². The van der Waals surface area contributed by atoms with Gasteiger partial charge in [-0.05, 0) is 18.1 Å². The lowest BCUT2D eigenvalue weighted by atomic mass is 10.1. The Morgan fingerprint density at radius 2 is 2.00 bits per heavy atom. The zero-order chi connectivity index (χ0) is 9.97. The summed E-state index contributed by atoms with van der Waals surface area (Å²) < 4.78 is 0. The van der Waals surface area contributed by atoms with Crippen molar-refractivity contribution in [2.75, 3.05) is 0 Å². The molecular weight excluding hydrogens is 176 g/mol. The van der Waals surface area contributed by atoms with Gasteiger partial charge in [0.05, 0.1) is 6.10 Å². The zero-order valence-corrected chi connectivity index (χ0v) is 7.81. The summed E-state index contributed by atoms with van der Waals surface area (Å²) in [7, 11) is 0. The van der Waals surface area contributed by atoms with Crippen LogP contribution in [0.3, 0.4) is 0 Å². The molecule has 0 aromatic heterocycles. The fourth-order valence-corrected chi connectivity index (χ4v) is 1.66. The van der Waals surface area contributed by atoms with Crippen molar-refractivity contribution in [1.29, 1.82) is 0 Å². The van der Waals surface area contributed by atoms with Crippen molar-refractivity contribution in [3.8, 4) is 0 Å². The van der Waals surface area contributed by atoms with Crippen LogP contribution in [-0.2, 0) is 4.79 Å². The van der Waals surface area contributed by atoms with Gasteiger partial charge in [0.15, 0.2) is 5.78 Å². The lowest BCUT2D eigenvalue weighted by Crippen LogP contribution is -2.05. The second kappa shape index (κ2) is 3.76. The molecule has 1 aliphatic carbocycles. The molecule has 0 aliphatic heterocycles. The lowest BCUT2D eigenvalue weighted by molar-refractivity contribution is -0.114. The van der Waals surface area contributed by atoms with E-state index in [0.717, 1.165) is 5.56 Å². The molecule has 0 bridgehead atoms. The first-order valence-corrected chi connectivity index (χ1v) is 4.75. The highest BCUT2D eigenvalue weighted by Gasteiger charge is 2.25. The average Bonchev–Trinajstić information content (AvgIpc) is 2.51. The summed E-state index contributed by atoms with van der Waals surface area (Å²) in [6.07, 6.45) is 2.25. The van der Waals surface area contributed by atoms with E-state index in [0.29, 0.717) is 18.4 Å². The Morgan fingerprint density at radius 3 is 2.57 bits per heavy atom. The molecule has 0 heterocycles. The maximum absolute atomic E-state index is 11.4. The molecule has 0 radical (unpaired) electrons. The summed E-state index contributed by atoms with van der Waals surface area (Å²) in [5, 5.41) is 9.53. The molecule has 2 heteroatoms. The molecule has 0 spiro atoms. The van der Waals surface area contributed by atoms with E-state index < -0.39 is 6.10 Å². The predicted molar refractivity (Wildman–Crippen MR) is 54.7 cm³/mol. The maximum Gasteiger partial charge on any atom is 0.161 e. The van der Waals surface area contributed by atoms with Crippen molar-refractivity contribution in [1.82, 2.24) is 0 Å². The summed E-state index contributed by atoms with van der Waals surface area (Å²) in [6, 6.07) is 9.60. The number of hydrogen-bond acceptors (Lipinski definition) is 2. The molecule has 0 amide bonds. The van der Waals surface area contributed by atoms with Gasteiger partial charge in [0.2, 0.25) is 0 Å². The molecule has 1 fully saturated rings. The van der Waals surface area contributed by atoms with Crippen LogP contribution >= 0.6 is 0 Å². The number of hydrogen-bond donors (Lipinski definition) is 1. The van der Waals surface area contributed by atoms with Crippen LogP contribution in [0.1, 0.15) is 18.4 Å². The zero-order valence-electron chi connectivity index (χ0n) is 7.81. The van der Waals surface area contributed by atoms with E-state index in [1.54, 1.807) is 6.08 Å². The van der Waals surface area contributed by atoms with E-state index in [9.17, 15) is 9.90 Å². The number of benzene rings is 1. The van der Waals surface area contributed by atoms with Gasteiger partial charge in [-0.15, -0.1) is 0 Å². The van der Waals surface area contributed by atoms with Gasteiger partial charge in [-0.1, -0.05) is 30.3 Å². The van der Waals surface area contributed by atoms with E-state index in [2.05, 4.69) is 0 Å². The second-order valence-electron chi connectivity index (χ2n) is 3.49. The van der Waals surface area contributed by atoms with Crippen LogP contribution < -0.4 is 0 Å². The van der Waals surface area contributed by atoms with Gasteiger partial charge in [-0.25, -0.2) is 0 Å². The summed E-state index contributed by atoms with van der Waals surface area (Å²) >= 11 is 0. The Bertz CT molecular complexity index is 365. The fourth-order valence-electron chi connectivity index (χ4n) is 1.66. The average molecular weight is 188 g/mol. The van der Waals surface area contributed by atoms with Gasteiger partial charge in [0.25, 0.3) is 0 Å². The van der Waals surface area contributed by atoms with E-state index >= 15 is 0 Å². The highest BCUT2D eigenvalue weighted by atomic mass is 16.3.